The van der Waals surface area contributed by atoms with E-state index in [2.05, 4.69) is 10.3 Å². The van der Waals surface area contributed by atoms with Gasteiger partial charge in [0.05, 0.1) is 24.8 Å². The van der Waals surface area contributed by atoms with Crippen molar-refractivity contribution in [2.24, 2.45) is 0 Å². The normalized spacial score (nSPS) is 10.4. The number of methoxy groups -OCH3 is 1. The van der Waals surface area contributed by atoms with Crippen molar-refractivity contribution in [3.8, 4) is 17.4 Å². The first-order valence-corrected chi connectivity index (χ1v) is 9.45. The van der Waals surface area contributed by atoms with E-state index in [-0.39, 0.29) is 5.91 Å². The van der Waals surface area contributed by atoms with E-state index < -0.39 is 0 Å². The number of hydrogen-bond donors (Lipinski definition) is 1. The number of hydrogen-bond acceptors (Lipinski definition) is 6. The van der Waals surface area contributed by atoms with Crippen molar-refractivity contribution in [2.75, 3.05) is 38.9 Å². The third-order valence-electron chi connectivity index (χ3n) is 3.57. The van der Waals surface area contributed by atoms with Gasteiger partial charge in [-0.2, -0.15) is 0 Å². The molecule has 0 aliphatic rings. The quantitative estimate of drug-likeness (QED) is 0.561. The molecule has 1 N–H and O–H groups in total. The van der Waals surface area contributed by atoms with Gasteiger partial charge in [-0.15, -0.1) is 0 Å². The van der Waals surface area contributed by atoms with Crippen molar-refractivity contribution in [3.05, 3.63) is 41.0 Å². The summed E-state index contributed by atoms with van der Waals surface area (Å²) in [6, 6.07) is 6.57. The Labute approximate surface area is 169 Å². The van der Waals surface area contributed by atoms with Crippen LogP contribution in [-0.4, -0.2) is 44.4 Å². The molecule has 0 spiro atoms. The Hall–Kier alpha value is -2.51. The molecule has 1 heterocycles. The summed E-state index contributed by atoms with van der Waals surface area (Å²) in [5, 5.41) is 3.10. The van der Waals surface area contributed by atoms with Gasteiger partial charge in [0.1, 0.15) is 12.3 Å². The van der Waals surface area contributed by atoms with Crippen LogP contribution in [-0.2, 0) is 4.74 Å². The zero-order chi connectivity index (χ0) is 20.4. The minimum Gasteiger partial charge on any atom is -0.490 e. The van der Waals surface area contributed by atoms with Crippen LogP contribution in [0.4, 0.5) is 5.69 Å². The molecule has 152 valence electrons. The first-order chi connectivity index (χ1) is 13.6. The van der Waals surface area contributed by atoms with Gasteiger partial charge < -0.3 is 24.3 Å². The van der Waals surface area contributed by atoms with E-state index in [0.29, 0.717) is 60.1 Å². The third kappa shape index (κ3) is 6.00. The molecule has 1 aromatic carbocycles. The molecule has 0 saturated carbocycles. The predicted molar refractivity (Wildman–Crippen MR) is 108 cm³/mol. The van der Waals surface area contributed by atoms with Crippen LogP contribution in [0.25, 0.3) is 0 Å². The van der Waals surface area contributed by atoms with Gasteiger partial charge in [-0.3, -0.25) is 4.79 Å². The second-order valence-corrected chi connectivity index (χ2v) is 6.13. The number of rotatable bonds is 11. The Morgan fingerprint density at radius 1 is 1.14 bits per heavy atom. The Morgan fingerprint density at radius 3 is 2.68 bits per heavy atom. The fourth-order valence-electron chi connectivity index (χ4n) is 2.32. The Morgan fingerprint density at radius 2 is 1.96 bits per heavy atom. The molecule has 0 atom stereocenters. The van der Waals surface area contributed by atoms with Gasteiger partial charge >= 0.3 is 0 Å². The van der Waals surface area contributed by atoms with E-state index in [9.17, 15) is 4.79 Å². The molecule has 0 aliphatic carbocycles. The average molecular weight is 409 g/mol. The molecule has 0 unspecified atom stereocenters. The first-order valence-electron chi connectivity index (χ1n) is 9.07. The molecule has 0 aliphatic heterocycles. The lowest BCUT2D eigenvalue weighted by molar-refractivity contribution is 0.102. The molecule has 7 nitrogen and oxygen atoms in total. The van der Waals surface area contributed by atoms with E-state index in [1.54, 1.807) is 37.6 Å². The minimum absolute atomic E-state index is 0.312. The molecule has 8 heteroatoms. The zero-order valence-corrected chi connectivity index (χ0v) is 17.0. The number of nitrogens with one attached hydrogen (secondary N) is 1. The maximum atomic E-state index is 12.8. The molecule has 2 rings (SSSR count). The lowest BCUT2D eigenvalue weighted by Crippen LogP contribution is -2.15. The summed E-state index contributed by atoms with van der Waals surface area (Å²) in [7, 11) is 1.58. The van der Waals surface area contributed by atoms with E-state index in [0.717, 1.165) is 6.42 Å². The number of carbonyl (C=O) groups is 1. The highest BCUT2D eigenvalue weighted by molar-refractivity contribution is 6.32. The molecule has 2 aromatic rings. The number of benzene rings is 1. The van der Waals surface area contributed by atoms with E-state index in [1.807, 2.05) is 13.8 Å². The molecule has 0 fully saturated rings. The summed E-state index contributed by atoms with van der Waals surface area (Å²) in [5.74, 6) is 0.810. The van der Waals surface area contributed by atoms with Gasteiger partial charge in [0.25, 0.3) is 5.91 Å². The van der Waals surface area contributed by atoms with Crippen LogP contribution in [0.15, 0.2) is 30.5 Å². The number of halogens is 1. The van der Waals surface area contributed by atoms with Gasteiger partial charge in [-0.1, -0.05) is 18.5 Å². The number of amides is 1. The van der Waals surface area contributed by atoms with E-state index in [1.165, 1.54) is 0 Å². The molecule has 0 radical (unpaired) electrons. The third-order valence-corrected chi connectivity index (χ3v) is 3.85. The summed E-state index contributed by atoms with van der Waals surface area (Å²) < 4.78 is 21.8. The van der Waals surface area contributed by atoms with Crippen molar-refractivity contribution < 1.29 is 23.7 Å². The van der Waals surface area contributed by atoms with Gasteiger partial charge in [-0.05, 0) is 37.6 Å². The lowest BCUT2D eigenvalue weighted by Gasteiger charge is -2.15. The van der Waals surface area contributed by atoms with Crippen molar-refractivity contribution in [1.29, 1.82) is 0 Å². The Bertz CT molecular complexity index is 785. The molecule has 0 bridgehead atoms. The van der Waals surface area contributed by atoms with Gasteiger partial charge in [0.2, 0.25) is 5.88 Å². The number of carbonyl (C=O) groups excluding carboxylic acids is 1. The number of ether oxygens (including phenoxy) is 4. The van der Waals surface area contributed by atoms with Crippen LogP contribution in [0.2, 0.25) is 5.02 Å². The topological polar surface area (TPSA) is 78.9 Å². The second-order valence-electron chi connectivity index (χ2n) is 5.72. The highest BCUT2D eigenvalue weighted by atomic mass is 35.5. The standard InChI is InChI=1S/C20H25ClN2O5/c1-4-9-27-18-15(21)12-14(13-17(18)26-5-2)19(24)23-16-7-6-8-22-20(16)28-11-10-25-3/h6-8,12-13H,4-5,9-11H2,1-3H3,(H,23,24). The van der Waals surface area contributed by atoms with Crippen LogP contribution < -0.4 is 19.5 Å². The summed E-state index contributed by atoms with van der Waals surface area (Å²) in [5.41, 5.74) is 0.785. The zero-order valence-electron chi connectivity index (χ0n) is 16.3. The van der Waals surface area contributed by atoms with Crippen molar-refractivity contribution in [1.82, 2.24) is 4.98 Å². The summed E-state index contributed by atoms with van der Waals surface area (Å²) >= 11 is 6.33. The molecular formula is C20H25ClN2O5. The molecule has 1 aromatic heterocycles. The number of nitrogens with zero attached hydrogens (tertiary/aromatic N) is 1. The van der Waals surface area contributed by atoms with Gasteiger partial charge in [0, 0.05) is 18.9 Å². The highest BCUT2D eigenvalue weighted by Gasteiger charge is 2.18. The molecule has 28 heavy (non-hydrogen) atoms. The van der Waals surface area contributed by atoms with Crippen LogP contribution in [0.5, 0.6) is 17.4 Å². The van der Waals surface area contributed by atoms with E-state index in [4.69, 9.17) is 30.5 Å². The Balaban J connectivity index is 2.22. The van der Waals surface area contributed by atoms with Crippen molar-refractivity contribution in [2.45, 2.75) is 20.3 Å². The predicted octanol–water partition coefficient (Wildman–Crippen LogP) is 4.20. The number of pyridine rings is 1. The maximum absolute atomic E-state index is 12.8. The number of anilines is 1. The summed E-state index contributed by atoms with van der Waals surface area (Å²) in [6.45, 7) is 5.50. The smallest absolute Gasteiger partial charge is 0.256 e. The molecule has 0 saturated heterocycles. The van der Waals surface area contributed by atoms with Crippen LogP contribution in [0.3, 0.4) is 0 Å². The number of aromatic nitrogens is 1. The van der Waals surface area contributed by atoms with Crippen LogP contribution in [0.1, 0.15) is 30.6 Å². The van der Waals surface area contributed by atoms with Crippen molar-refractivity contribution >= 4 is 23.2 Å². The van der Waals surface area contributed by atoms with Crippen molar-refractivity contribution in [3.63, 3.8) is 0 Å². The fourth-order valence-corrected chi connectivity index (χ4v) is 2.59. The van der Waals surface area contributed by atoms with E-state index >= 15 is 0 Å². The second kappa shape index (κ2) is 11.4. The fraction of sp³-hybridized carbons (Fsp3) is 0.400. The van der Waals surface area contributed by atoms with Gasteiger partial charge in [-0.25, -0.2) is 4.98 Å². The average Bonchev–Trinajstić information content (AvgIpc) is 2.69. The maximum Gasteiger partial charge on any atom is 0.256 e. The first kappa shape index (κ1) is 21.8. The van der Waals surface area contributed by atoms with Crippen LogP contribution >= 0.6 is 11.6 Å². The van der Waals surface area contributed by atoms with Gasteiger partial charge in [0.15, 0.2) is 11.5 Å². The lowest BCUT2D eigenvalue weighted by atomic mass is 10.1. The largest absolute Gasteiger partial charge is 0.490 e. The minimum atomic E-state index is -0.366. The SMILES string of the molecule is CCCOc1c(Cl)cc(C(=O)Nc2cccnc2OCCOC)cc1OCC. The summed E-state index contributed by atoms with van der Waals surface area (Å²) in [4.78, 5) is 16.9. The highest BCUT2D eigenvalue weighted by Crippen LogP contribution is 2.37. The summed E-state index contributed by atoms with van der Waals surface area (Å²) in [6.07, 6.45) is 2.42. The molecule has 1 amide bonds. The molecular weight excluding hydrogens is 384 g/mol. The monoisotopic (exact) mass is 408 g/mol. The van der Waals surface area contributed by atoms with Crippen LogP contribution in [0, 0.1) is 0 Å². The Kier molecular flexibility index (Phi) is 8.84.